The van der Waals surface area contributed by atoms with Crippen molar-refractivity contribution in [2.45, 2.75) is 13.0 Å². The van der Waals surface area contributed by atoms with Gasteiger partial charge in [0.05, 0.1) is 13.0 Å². The van der Waals surface area contributed by atoms with E-state index in [4.69, 9.17) is 0 Å². The average molecular weight is 343 g/mol. The highest BCUT2D eigenvalue weighted by Gasteiger charge is 2.18. The van der Waals surface area contributed by atoms with Crippen molar-refractivity contribution in [2.24, 2.45) is 0 Å². The number of amides is 1. The zero-order chi connectivity index (χ0) is 18.2. The molecule has 0 radical (unpaired) electrons. The lowest BCUT2D eigenvalue weighted by Gasteiger charge is -2.22. The molecule has 0 unspecified atom stereocenters. The van der Waals surface area contributed by atoms with Crippen LogP contribution in [-0.4, -0.2) is 23.1 Å². The molecule has 0 atom stereocenters. The third-order valence-corrected chi connectivity index (χ3v) is 4.20. The van der Waals surface area contributed by atoms with Gasteiger partial charge in [-0.15, -0.1) is 0 Å². The lowest BCUT2D eigenvalue weighted by atomic mass is 10.1. The fraction of sp³-hybridized carbons (Fsp3) is 0.130. The molecule has 0 aliphatic rings. The zero-order valence-electron chi connectivity index (χ0n) is 14.5. The molecular weight excluding hydrogens is 322 g/mol. The highest BCUT2D eigenvalue weighted by molar-refractivity contribution is 5.99. The van der Waals surface area contributed by atoms with Crippen LogP contribution in [0.1, 0.15) is 21.5 Å². The van der Waals surface area contributed by atoms with Crippen molar-refractivity contribution < 1.29 is 9.59 Å². The van der Waals surface area contributed by atoms with Crippen LogP contribution in [0.2, 0.25) is 0 Å². The summed E-state index contributed by atoms with van der Waals surface area (Å²) in [4.78, 5) is 27.1. The molecule has 0 saturated heterocycles. The lowest BCUT2D eigenvalue weighted by molar-refractivity contribution is -0.130. The standard InChI is InChI=1S/C23H21NO2/c25-22(21-14-8-3-9-15-21)18-24(17-20-12-6-2-7-13-20)23(26)16-19-10-4-1-5-11-19/h1-15H,16-18H2. The second kappa shape index (κ2) is 8.77. The monoisotopic (exact) mass is 343 g/mol. The summed E-state index contributed by atoms with van der Waals surface area (Å²) in [5, 5.41) is 0. The van der Waals surface area contributed by atoms with E-state index in [1.807, 2.05) is 78.9 Å². The van der Waals surface area contributed by atoms with Crippen molar-refractivity contribution in [3.63, 3.8) is 0 Å². The molecular formula is C23H21NO2. The maximum atomic E-state index is 12.9. The average Bonchev–Trinajstić information content (AvgIpc) is 2.69. The maximum Gasteiger partial charge on any atom is 0.227 e. The Morgan fingerprint density at radius 2 is 1.15 bits per heavy atom. The normalized spacial score (nSPS) is 10.3. The Morgan fingerprint density at radius 1 is 0.654 bits per heavy atom. The van der Waals surface area contributed by atoms with Crippen LogP contribution >= 0.6 is 0 Å². The molecule has 0 aliphatic heterocycles. The molecule has 0 aromatic heterocycles. The van der Waals surface area contributed by atoms with E-state index < -0.39 is 0 Å². The van der Waals surface area contributed by atoms with Gasteiger partial charge in [-0.3, -0.25) is 9.59 Å². The van der Waals surface area contributed by atoms with Gasteiger partial charge in [0.15, 0.2) is 5.78 Å². The zero-order valence-corrected chi connectivity index (χ0v) is 14.5. The minimum atomic E-state index is -0.0528. The van der Waals surface area contributed by atoms with Crippen molar-refractivity contribution in [1.82, 2.24) is 4.90 Å². The van der Waals surface area contributed by atoms with E-state index in [2.05, 4.69) is 0 Å². The van der Waals surface area contributed by atoms with Crippen LogP contribution in [0, 0.1) is 0 Å². The number of hydrogen-bond donors (Lipinski definition) is 0. The number of rotatable bonds is 7. The van der Waals surface area contributed by atoms with Gasteiger partial charge in [0.25, 0.3) is 0 Å². The van der Waals surface area contributed by atoms with E-state index in [0.717, 1.165) is 11.1 Å². The minimum absolute atomic E-state index is 0.0515. The minimum Gasteiger partial charge on any atom is -0.330 e. The molecule has 0 aliphatic carbocycles. The third-order valence-electron chi connectivity index (χ3n) is 4.20. The Balaban J connectivity index is 1.76. The second-order valence-electron chi connectivity index (χ2n) is 6.19. The van der Waals surface area contributed by atoms with E-state index in [9.17, 15) is 9.59 Å². The predicted octanol–water partition coefficient (Wildman–Crippen LogP) is 4.14. The van der Waals surface area contributed by atoms with Crippen molar-refractivity contribution in [3.05, 3.63) is 108 Å². The smallest absolute Gasteiger partial charge is 0.227 e. The van der Waals surface area contributed by atoms with Crippen LogP contribution in [-0.2, 0) is 17.8 Å². The first-order valence-electron chi connectivity index (χ1n) is 8.66. The summed E-state index contributed by atoms with van der Waals surface area (Å²) in [5.74, 6) is -0.104. The Morgan fingerprint density at radius 3 is 1.73 bits per heavy atom. The molecule has 1 amide bonds. The molecule has 3 rings (SSSR count). The molecule has 0 saturated carbocycles. The SMILES string of the molecule is O=C(CN(Cc1ccccc1)C(=O)Cc1ccccc1)c1ccccc1. The Bertz CT molecular complexity index is 845. The topological polar surface area (TPSA) is 37.4 Å². The fourth-order valence-corrected chi connectivity index (χ4v) is 2.81. The number of Topliss-reactive ketones (excluding diaryl/α,β-unsaturated/α-hetero) is 1. The number of carbonyl (C=O) groups excluding carboxylic acids is 2. The summed E-state index contributed by atoms with van der Waals surface area (Å²) in [5.41, 5.74) is 2.58. The molecule has 3 aromatic rings. The molecule has 0 N–H and O–H groups in total. The molecule has 0 heterocycles. The molecule has 3 aromatic carbocycles. The van der Waals surface area contributed by atoms with Gasteiger partial charge in [0.2, 0.25) is 5.91 Å². The van der Waals surface area contributed by atoms with Crippen LogP contribution in [0.3, 0.4) is 0 Å². The van der Waals surface area contributed by atoms with Gasteiger partial charge >= 0.3 is 0 Å². The molecule has 0 spiro atoms. The van der Waals surface area contributed by atoms with Gasteiger partial charge in [-0.2, -0.15) is 0 Å². The van der Waals surface area contributed by atoms with Crippen LogP contribution in [0.25, 0.3) is 0 Å². The highest BCUT2D eigenvalue weighted by Crippen LogP contribution is 2.10. The first-order valence-corrected chi connectivity index (χ1v) is 8.66. The lowest BCUT2D eigenvalue weighted by Crippen LogP contribution is -2.36. The summed E-state index contributed by atoms with van der Waals surface area (Å²) in [6, 6.07) is 28.5. The van der Waals surface area contributed by atoms with E-state index in [1.165, 1.54) is 0 Å². The summed E-state index contributed by atoms with van der Waals surface area (Å²) in [6.45, 7) is 0.496. The quantitative estimate of drug-likeness (QED) is 0.605. The summed E-state index contributed by atoms with van der Waals surface area (Å²) >= 11 is 0. The molecule has 0 bridgehead atoms. The van der Waals surface area contributed by atoms with E-state index in [0.29, 0.717) is 12.1 Å². The predicted molar refractivity (Wildman–Crippen MR) is 103 cm³/mol. The first-order chi connectivity index (χ1) is 12.7. The van der Waals surface area contributed by atoms with Gasteiger partial charge < -0.3 is 4.90 Å². The van der Waals surface area contributed by atoms with E-state index in [1.54, 1.807) is 17.0 Å². The maximum absolute atomic E-state index is 12.9. The summed E-state index contributed by atoms with van der Waals surface area (Å²) in [6.07, 6.45) is 0.287. The van der Waals surface area contributed by atoms with Gasteiger partial charge in [-0.05, 0) is 11.1 Å². The fourth-order valence-electron chi connectivity index (χ4n) is 2.81. The molecule has 0 fully saturated rings. The Hall–Kier alpha value is -3.20. The largest absolute Gasteiger partial charge is 0.330 e. The Labute approximate surface area is 153 Å². The van der Waals surface area contributed by atoms with Crippen LogP contribution in [0.15, 0.2) is 91.0 Å². The van der Waals surface area contributed by atoms with E-state index >= 15 is 0 Å². The first kappa shape index (κ1) is 17.6. The van der Waals surface area contributed by atoms with Crippen molar-refractivity contribution in [2.75, 3.05) is 6.54 Å². The number of hydrogen-bond acceptors (Lipinski definition) is 2. The van der Waals surface area contributed by atoms with Crippen LogP contribution < -0.4 is 0 Å². The van der Waals surface area contributed by atoms with Crippen LogP contribution in [0.5, 0.6) is 0 Å². The summed E-state index contributed by atoms with van der Waals surface area (Å²) in [7, 11) is 0. The van der Waals surface area contributed by atoms with Crippen molar-refractivity contribution in [1.29, 1.82) is 0 Å². The van der Waals surface area contributed by atoms with Crippen molar-refractivity contribution in [3.8, 4) is 0 Å². The molecule has 3 nitrogen and oxygen atoms in total. The van der Waals surface area contributed by atoms with Gasteiger partial charge in [-0.1, -0.05) is 91.0 Å². The number of ketones is 1. The molecule has 3 heteroatoms. The molecule has 130 valence electrons. The number of benzene rings is 3. The van der Waals surface area contributed by atoms with Crippen molar-refractivity contribution >= 4 is 11.7 Å². The van der Waals surface area contributed by atoms with Gasteiger partial charge in [-0.25, -0.2) is 0 Å². The number of nitrogens with zero attached hydrogens (tertiary/aromatic N) is 1. The Kier molecular flexibility index (Phi) is 5.94. The van der Waals surface area contributed by atoms with Gasteiger partial charge in [0, 0.05) is 12.1 Å². The van der Waals surface area contributed by atoms with Gasteiger partial charge in [0.1, 0.15) is 0 Å². The highest BCUT2D eigenvalue weighted by atomic mass is 16.2. The summed E-state index contributed by atoms with van der Waals surface area (Å²) < 4.78 is 0. The van der Waals surface area contributed by atoms with E-state index in [-0.39, 0.29) is 24.7 Å². The molecule has 26 heavy (non-hydrogen) atoms. The third kappa shape index (κ3) is 4.90. The van der Waals surface area contributed by atoms with Crippen LogP contribution in [0.4, 0.5) is 0 Å². The number of carbonyl (C=O) groups is 2. The second-order valence-corrected chi connectivity index (χ2v) is 6.19.